The fourth-order valence-corrected chi connectivity index (χ4v) is 3.45. The topological polar surface area (TPSA) is 49.9 Å². The van der Waals surface area contributed by atoms with Gasteiger partial charge in [-0.1, -0.05) is 50.8 Å². The van der Waals surface area contributed by atoms with Gasteiger partial charge >= 0.3 is 6.36 Å². The van der Waals surface area contributed by atoms with Gasteiger partial charge in [-0.3, -0.25) is 5.10 Å². The van der Waals surface area contributed by atoms with Gasteiger partial charge < -0.3 is 10.1 Å². The molecule has 7 heteroatoms. The van der Waals surface area contributed by atoms with Gasteiger partial charge in [0.2, 0.25) is 0 Å². The molecule has 2 N–H and O–H groups in total. The van der Waals surface area contributed by atoms with Gasteiger partial charge in [0.1, 0.15) is 5.75 Å². The standard InChI is InChI=1S/C23H24F3N3O/c1-4-16-9-8-11-20(18(16)5-2)21-13-17(28-29-21)14-27-15(3)19-10-6-7-12-22(19)30-23(24,25)26/h6-13,27H,3-5,14H2,1-2H3,(H,28,29). The summed E-state index contributed by atoms with van der Waals surface area (Å²) in [6.45, 7) is 8.42. The van der Waals surface area contributed by atoms with E-state index in [0.717, 1.165) is 29.8 Å². The minimum atomic E-state index is -4.77. The first-order valence-corrected chi connectivity index (χ1v) is 9.75. The van der Waals surface area contributed by atoms with Gasteiger partial charge in [0, 0.05) is 16.8 Å². The van der Waals surface area contributed by atoms with Crippen molar-refractivity contribution in [2.24, 2.45) is 0 Å². The predicted octanol–water partition coefficient (Wildman–Crippen LogP) is 5.86. The first-order chi connectivity index (χ1) is 14.3. The van der Waals surface area contributed by atoms with Crippen molar-refractivity contribution in [2.75, 3.05) is 0 Å². The lowest BCUT2D eigenvalue weighted by molar-refractivity contribution is -0.274. The van der Waals surface area contributed by atoms with E-state index in [-0.39, 0.29) is 11.3 Å². The fourth-order valence-electron chi connectivity index (χ4n) is 3.45. The van der Waals surface area contributed by atoms with Crippen LogP contribution in [0.1, 0.15) is 36.2 Å². The Morgan fingerprint density at radius 3 is 2.57 bits per heavy atom. The van der Waals surface area contributed by atoms with Crippen LogP contribution in [0.4, 0.5) is 13.2 Å². The molecule has 0 aliphatic rings. The monoisotopic (exact) mass is 415 g/mol. The number of hydrogen-bond donors (Lipinski definition) is 2. The number of ether oxygens (including phenoxy) is 1. The minimum absolute atomic E-state index is 0.245. The quantitative estimate of drug-likeness (QED) is 0.484. The van der Waals surface area contributed by atoms with Crippen LogP contribution in [0.25, 0.3) is 17.0 Å². The van der Waals surface area contributed by atoms with Crippen LogP contribution in [0.2, 0.25) is 0 Å². The molecular weight excluding hydrogens is 391 g/mol. The third kappa shape index (κ3) is 5.03. The summed E-state index contributed by atoms with van der Waals surface area (Å²) in [5.74, 6) is -0.297. The van der Waals surface area contributed by atoms with Crippen molar-refractivity contribution in [1.82, 2.24) is 15.5 Å². The average molecular weight is 415 g/mol. The number of aromatic nitrogens is 2. The zero-order chi connectivity index (χ0) is 21.7. The molecule has 0 unspecified atom stereocenters. The van der Waals surface area contributed by atoms with Crippen LogP contribution < -0.4 is 10.1 Å². The van der Waals surface area contributed by atoms with E-state index in [2.05, 4.69) is 52.8 Å². The third-order valence-corrected chi connectivity index (χ3v) is 4.85. The molecule has 0 atom stereocenters. The maximum atomic E-state index is 12.6. The number of halogens is 3. The number of nitrogens with one attached hydrogen (secondary N) is 2. The number of aromatic amines is 1. The lowest BCUT2D eigenvalue weighted by atomic mass is 9.95. The van der Waals surface area contributed by atoms with Crippen LogP contribution in [0.15, 0.2) is 55.1 Å². The second kappa shape index (κ2) is 9.07. The molecule has 0 aliphatic heterocycles. The van der Waals surface area contributed by atoms with E-state index in [1.165, 1.54) is 29.3 Å². The highest BCUT2D eigenvalue weighted by Crippen LogP contribution is 2.30. The van der Waals surface area contributed by atoms with Crippen LogP contribution in [0.3, 0.4) is 0 Å². The minimum Gasteiger partial charge on any atom is -0.405 e. The number of para-hydroxylation sites is 1. The summed E-state index contributed by atoms with van der Waals surface area (Å²) >= 11 is 0. The number of aryl methyl sites for hydroxylation is 1. The second-order valence-corrected chi connectivity index (χ2v) is 6.80. The molecule has 2 aromatic carbocycles. The molecular formula is C23H24F3N3O. The number of H-pyrrole nitrogens is 1. The highest BCUT2D eigenvalue weighted by molar-refractivity contribution is 5.68. The number of alkyl halides is 3. The molecule has 0 amide bonds. The molecule has 0 saturated heterocycles. The molecule has 1 aromatic heterocycles. The smallest absolute Gasteiger partial charge is 0.405 e. The lowest BCUT2D eigenvalue weighted by Gasteiger charge is -2.15. The first-order valence-electron chi connectivity index (χ1n) is 9.75. The van der Waals surface area contributed by atoms with Crippen LogP contribution in [0, 0.1) is 0 Å². The van der Waals surface area contributed by atoms with Gasteiger partial charge in [-0.2, -0.15) is 5.10 Å². The molecule has 1 heterocycles. The van der Waals surface area contributed by atoms with Crippen molar-refractivity contribution in [3.63, 3.8) is 0 Å². The number of hydrogen-bond acceptors (Lipinski definition) is 3. The van der Waals surface area contributed by atoms with E-state index in [1.54, 1.807) is 6.07 Å². The Hall–Kier alpha value is -3.22. The largest absolute Gasteiger partial charge is 0.573 e. The van der Waals surface area contributed by atoms with Gasteiger partial charge in [-0.25, -0.2) is 0 Å². The molecule has 0 saturated carbocycles. The van der Waals surface area contributed by atoms with Crippen LogP contribution in [0.5, 0.6) is 5.75 Å². The average Bonchev–Trinajstić information content (AvgIpc) is 3.19. The summed E-state index contributed by atoms with van der Waals surface area (Å²) in [6, 6.07) is 14.1. The Morgan fingerprint density at radius 1 is 1.10 bits per heavy atom. The van der Waals surface area contributed by atoms with E-state index in [0.29, 0.717) is 12.2 Å². The third-order valence-electron chi connectivity index (χ3n) is 4.85. The van der Waals surface area contributed by atoms with E-state index in [4.69, 9.17) is 0 Å². The first kappa shape index (κ1) is 21.5. The zero-order valence-corrected chi connectivity index (χ0v) is 16.9. The van der Waals surface area contributed by atoms with Crippen molar-refractivity contribution in [2.45, 2.75) is 39.6 Å². The Morgan fingerprint density at radius 2 is 1.87 bits per heavy atom. The van der Waals surface area contributed by atoms with Crippen LogP contribution in [-0.4, -0.2) is 16.6 Å². The van der Waals surface area contributed by atoms with E-state index < -0.39 is 6.36 Å². The molecule has 4 nitrogen and oxygen atoms in total. The second-order valence-electron chi connectivity index (χ2n) is 6.80. The van der Waals surface area contributed by atoms with E-state index >= 15 is 0 Å². The SMILES string of the molecule is C=C(NCc1cc(-c2cccc(CC)c2CC)[nH]n1)c1ccccc1OC(F)(F)F. The van der Waals surface area contributed by atoms with Crippen molar-refractivity contribution < 1.29 is 17.9 Å². The van der Waals surface area contributed by atoms with Gasteiger partial charge in [-0.05, 0) is 42.2 Å². The predicted molar refractivity (Wildman–Crippen MR) is 112 cm³/mol. The summed E-state index contributed by atoms with van der Waals surface area (Å²) < 4.78 is 42.0. The summed E-state index contributed by atoms with van der Waals surface area (Å²) in [5, 5.41) is 10.4. The summed E-state index contributed by atoms with van der Waals surface area (Å²) in [6.07, 6.45) is -2.89. The lowest BCUT2D eigenvalue weighted by Crippen LogP contribution is -2.19. The normalized spacial score (nSPS) is 11.4. The molecule has 3 rings (SSSR count). The number of benzene rings is 2. The van der Waals surface area contributed by atoms with Crippen LogP contribution in [-0.2, 0) is 19.4 Å². The molecule has 30 heavy (non-hydrogen) atoms. The maximum Gasteiger partial charge on any atom is 0.573 e. The van der Waals surface area contributed by atoms with E-state index in [1.807, 2.05) is 12.1 Å². The van der Waals surface area contributed by atoms with Crippen molar-refractivity contribution in [3.05, 3.63) is 77.5 Å². The van der Waals surface area contributed by atoms with Crippen molar-refractivity contribution >= 4 is 5.70 Å². The van der Waals surface area contributed by atoms with Gasteiger partial charge in [0.25, 0.3) is 0 Å². The van der Waals surface area contributed by atoms with Gasteiger partial charge in [0.05, 0.1) is 17.9 Å². The van der Waals surface area contributed by atoms with E-state index in [9.17, 15) is 13.2 Å². The molecule has 0 bridgehead atoms. The number of nitrogens with zero attached hydrogens (tertiary/aromatic N) is 1. The zero-order valence-electron chi connectivity index (χ0n) is 16.9. The Balaban J connectivity index is 1.74. The molecule has 0 radical (unpaired) electrons. The van der Waals surface area contributed by atoms with Gasteiger partial charge in [0.15, 0.2) is 0 Å². The highest BCUT2D eigenvalue weighted by atomic mass is 19.4. The van der Waals surface area contributed by atoms with Crippen molar-refractivity contribution in [3.8, 4) is 17.0 Å². The molecule has 0 aliphatic carbocycles. The number of rotatable bonds is 8. The highest BCUT2D eigenvalue weighted by Gasteiger charge is 2.32. The molecule has 0 fully saturated rings. The Bertz CT molecular complexity index is 1020. The maximum absolute atomic E-state index is 12.6. The van der Waals surface area contributed by atoms with Gasteiger partial charge in [-0.15, -0.1) is 13.2 Å². The Kier molecular flexibility index (Phi) is 6.50. The molecule has 158 valence electrons. The summed E-state index contributed by atoms with van der Waals surface area (Å²) in [4.78, 5) is 0. The summed E-state index contributed by atoms with van der Waals surface area (Å²) in [7, 11) is 0. The Labute approximate surface area is 173 Å². The summed E-state index contributed by atoms with van der Waals surface area (Å²) in [5.41, 5.74) is 5.90. The molecule has 0 spiro atoms. The molecule has 3 aromatic rings. The van der Waals surface area contributed by atoms with Crippen molar-refractivity contribution in [1.29, 1.82) is 0 Å². The van der Waals surface area contributed by atoms with Crippen LogP contribution >= 0.6 is 0 Å². The fraction of sp³-hybridized carbons (Fsp3) is 0.261.